The molecule has 8 nitrogen and oxygen atoms in total. The number of aliphatic hydroxyl groups excluding tert-OH is 1. The Bertz CT molecular complexity index is 704. The van der Waals surface area contributed by atoms with Gasteiger partial charge in [-0.15, -0.1) is 0 Å². The first-order chi connectivity index (χ1) is 11.7. The van der Waals surface area contributed by atoms with Gasteiger partial charge in [-0.25, -0.2) is 4.79 Å². The molecule has 0 saturated heterocycles. The fraction of sp³-hybridized carbons (Fsp3) is 0.353. The van der Waals surface area contributed by atoms with Crippen molar-refractivity contribution in [3.63, 3.8) is 0 Å². The SMILES string of the molecule is CC(C)(C)OC(=O)Nc1ccc(NC2=CC(=O)N(CCO)C2=O)cc1. The van der Waals surface area contributed by atoms with Gasteiger partial charge in [-0.2, -0.15) is 0 Å². The fourth-order valence-corrected chi connectivity index (χ4v) is 2.12. The number of carbonyl (C=O) groups is 3. The zero-order chi connectivity index (χ0) is 18.6. The highest BCUT2D eigenvalue weighted by atomic mass is 16.6. The molecule has 0 radical (unpaired) electrons. The van der Waals surface area contributed by atoms with Gasteiger partial charge in [-0.05, 0) is 45.0 Å². The minimum atomic E-state index is -0.589. The zero-order valence-corrected chi connectivity index (χ0v) is 14.3. The number of rotatable bonds is 5. The van der Waals surface area contributed by atoms with Crippen LogP contribution in [0.25, 0.3) is 0 Å². The van der Waals surface area contributed by atoms with Crippen LogP contribution in [0.1, 0.15) is 20.8 Å². The summed E-state index contributed by atoms with van der Waals surface area (Å²) in [4.78, 5) is 36.4. The lowest BCUT2D eigenvalue weighted by Gasteiger charge is -2.19. The maximum absolute atomic E-state index is 12.0. The fourth-order valence-electron chi connectivity index (χ4n) is 2.12. The first-order valence-corrected chi connectivity index (χ1v) is 7.75. The Labute approximate surface area is 145 Å². The first kappa shape index (κ1) is 18.5. The molecular formula is C17H21N3O5. The van der Waals surface area contributed by atoms with Crippen molar-refractivity contribution in [2.75, 3.05) is 23.8 Å². The minimum absolute atomic E-state index is 0.0436. The van der Waals surface area contributed by atoms with E-state index in [1.165, 1.54) is 6.08 Å². The molecule has 25 heavy (non-hydrogen) atoms. The van der Waals surface area contributed by atoms with Gasteiger partial charge in [0.25, 0.3) is 11.8 Å². The summed E-state index contributed by atoms with van der Waals surface area (Å²) in [6.45, 7) is 4.98. The van der Waals surface area contributed by atoms with Gasteiger partial charge >= 0.3 is 6.09 Å². The van der Waals surface area contributed by atoms with Crippen LogP contribution in [0, 0.1) is 0 Å². The first-order valence-electron chi connectivity index (χ1n) is 7.75. The van der Waals surface area contributed by atoms with E-state index in [0.29, 0.717) is 11.4 Å². The van der Waals surface area contributed by atoms with Gasteiger partial charge in [-0.1, -0.05) is 0 Å². The maximum Gasteiger partial charge on any atom is 0.412 e. The second-order valence-electron chi connectivity index (χ2n) is 6.41. The van der Waals surface area contributed by atoms with Crippen molar-refractivity contribution < 1.29 is 24.2 Å². The minimum Gasteiger partial charge on any atom is -0.444 e. The second kappa shape index (κ2) is 7.35. The van der Waals surface area contributed by atoms with Crippen LogP contribution in [0.4, 0.5) is 16.2 Å². The summed E-state index contributed by atoms with van der Waals surface area (Å²) in [5, 5.41) is 14.3. The van der Waals surface area contributed by atoms with E-state index < -0.39 is 23.5 Å². The highest BCUT2D eigenvalue weighted by Gasteiger charge is 2.30. The number of anilines is 2. The lowest BCUT2D eigenvalue weighted by molar-refractivity contribution is -0.137. The van der Waals surface area contributed by atoms with Crippen LogP contribution in [-0.2, 0) is 14.3 Å². The number of hydrogen-bond donors (Lipinski definition) is 3. The molecule has 134 valence electrons. The molecule has 8 heteroatoms. The third-order valence-corrected chi connectivity index (χ3v) is 3.14. The van der Waals surface area contributed by atoms with E-state index in [9.17, 15) is 14.4 Å². The molecular weight excluding hydrogens is 326 g/mol. The molecule has 1 aromatic rings. The average molecular weight is 347 g/mol. The smallest absolute Gasteiger partial charge is 0.412 e. The van der Waals surface area contributed by atoms with Crippen molar-refractivity contribution in [1.82, 2.24) is 4.90 Å². The number of benzene rings is 1. The predicted octanol–water partition coefficient (Wildman–Crippen LogP) is 1.69. The van der Waals surface area contributed by atoms with Gasteiger partial charge in [0.05, 0.1) is 13.2 Å². The normalized spacial score (nSPS) is 14.4. The van der Waals surface area contributed by atoms with Gasteiger partial charge in [0.1, 0.15) is 11.3 Å². The molecule has 1 heterocycles. The molecule has 0 atom stereocenters. The molecule has 1 aliphatic rings. The highest BCUT2D eigenvalue weighted by Crippen LogP contribution is 2.19. The molecule has 2 rings (SSSR count). The largest absolute Gasteiger partial charge is 0.444 e. The van der Waals surface area contributed by atoms with Gasteiger partial charge in [-0.3, -0.25) is 19.8 Å². The van der Waals surface area contributed by atoms with Crippen LogP contribution in [0.2, 0.25) is 0 Å². The van der Waals surface area contributed by atoms with Crippen molar-refractivity contribution in [3.05, 3.63) is 36.0 Å². The number of hydrogen-bond acceptors (Lipinski definition) is 6. The number of amides is 3. The number of ether oxygens (including phenoxy) is 1. The van der Waals surface area contributed by atoms with E-state index >= 15 is 0 Å². The number of imide groups is 1. The van der Waals surface area contributed by atoms with Crippen LogP contribution in [0.3, 0.4) is 0 Å². The molecule has 1 aliphatic heterocycles. The zero-order valence-electron chi connectivity index (χ0n) is 14.3. The number of β-amino-alcohol motifs (C(OH)–C–C–N with tert-alkyl or cyclic N) is 1. The molecule has 0 aliphatic carbocycles. The third kappa shape index (κ3) is 5.05. The second-order valence-corrected chi connectivity index (χ2v) is 6.41. The summed E-state index contributed by atoms with van der Waals surface area (Å²) in [7, 11) is 0. The lowest BCUT2D eigenvalue weighted by Crippen LogP contribution is -2.34. The van der Waals surface area contributed by atoms with E-state index in [0.717, 1.165) is 4.90 Å². The van der Waals surface area contributed by atoms with Crippen LogP contribution < -0.4 is 10.6 Å². The van der Waals surface area contributed by atoms with E-state index in [-0.39, 0.29) is 18.8 Å². The van der Waals surface area contributed by atoms with E-state index in [2.05, 4.69) is 10.6 Å². The Hall–Kier alpha value is -2.87. The van der Waals surface area contributed by atoms with Gasteiger partial charge in [0.2, 0.25) is 0 Å². The number of carbonyl (C=O) groups excluding carboxylic acids is 3. The van der Waals surface area contributed by atoms with Crippen molar-refractivity contribution in [2.24, 2.45) is 0 Å². The molecule has 1 aromatic carbocycles. The summed E-state index contributed by atoms with van der Waals surface area (Å²) in [6, 6.07) is 6.58. The third-order valence-electron chi connectivity index (χ3n) is 3.14. The van der Waals surface area contributed by atoms with Crippen LogP contribution in [0.5, 0.6) is 0 Å². The topological polar surface area (TPSA) is 108 Å². The van der Waals surface area contributed by atoms with Gasteiger partial charge in [0, 0.05) is 17.5 Å². The van der Waals surface area contributed by atoms with E-state index in [1.807, 2.05) is 0 Å². The number of nitrogens with one attached hydrogen (secondary N) is 2. The van der Waals surface area contributed by atoms with Crippen molar-refractivity contribution in [1.29, 1.82) is 0 Å². The van der Waals surface area contributed by atoms with Crippen LogP contribution >= 0.6 is 0 Å². The maximum atomic E-state index is 12.0. The Balaban J connectivity index is 1.97. The Morgan fingerprint density at radius 1 is 1.16 bits per heavy atom. The summed E-state index contributed by atoms with van der Waals surface area (Å²) < 4.78 is 5.16. The van der Waals surface area contributed by atoms with Crippen molar-refractivity contribution in [2.45, 2.75) is 26.4 Å². The summed E-state index contributed by atoms with van der Waals surface area (Å²) in [6.07, 6.45) is 0.623. The quantitative estimate of drug-likeness (QED) is 0.700. The Morgan fingerprint density at radius 3 is 2.32 bits per heavy atom. The highest BCUT2D eigenvalue weighted by molar-refractivity contribution is 6.17. The molecule has 0 saturated carbocycles. The lowest BCUT2D eigenvalue weighted by atomic mass is 10.2. The molecule has 0 bridgehead atoms. The average Bonchev–Trinajstić information content (AvgIpc) is 2.75. The standard InChI is InChI=1S/C17H21N3O5/c1-17(2,3)25-16(24)19-12-6-4-11(5-7-12)18-13-10-14(22)20(8-9-21)15(13)23/h4-7,10,18,21H,8-9H2,1-3H3,(H,19,24). The molecule has 3 N–H and O–H groups in total. The Kier molecular flexibility index (Phi) is 5.43. The molecule has 0 fully saturated rings. The van der Waals surface area contributed by atoms with Crippen molar-refractivity contribution in [3.8, 4) is 0 Å². The molecule has 0 unspecified atom stereocenters. The monoisotopic (exact) mass is 347 g/mol. The van der Waals surface area contributed by atoms with Crippen molar-refractivity contribution >= 4 is 29.3 Å². The molecule has 0 aromatic heterocycles. The predicted molar refractivity (Wildman–Crippen MR) is 91.8 cm³/mol. The van der Waals surface area contributed by atoms with Gasteiger partial charge < -0.3 is 15.2 Å². The Morgan fingerprint density at radius 2 is 1.76 bits per heavy atom. The van der Waals surface area contributed by atoms with Gasteiger partial charge in [0.15, 0.2) is 0 Å². The summed E-state index contributed by atoms with van der Waals surface area (Å²) in [5.74, 6) is -0.959. The summed E-state index contributed by atoms with van der Waals surface area (Å²) >= 11 is 0. The van der Waals surface area contributed by atoms with Crippen LogP contribution in [0.15, 0.2) is 36.0 Å². The molecule has 3 amide bonds. The van der Waals surface area contributed by atoms with E-state index in [4.69, 9.17) is 9.84 Å². The van der Waals surface area contributed by atoms with E-state index in [1.54, 1.807) is 45.0 Å². The number of nitrogens with zero attached hydrogens (tertiary/aromatic N) is 1. The van der Waals surface area contributed by atoms with Crippen LogP contribution in [-0.4, -0.2) is 46.7 Å². The molecule has 0 spiro atoms. The number of aliphatic hydroxyl groups is 1. The summed E-state index contributed by atoms with van der Waals surface area (Å²) in [5.41, 5.74) is 0.650.